The second kappa shape index (κ2) is 7.96. The highest BCUT2D eigenvalue weighted by molar-refractivity contribution is 7.67. The van der Waals surface area contributed by atoms with Gasteiger partial charge in [0.25, 0.3) is 0 Å². The summed E-state index contributed by atoms with van der Waals surface area (Å²) < 4.78 is 14.1. The van der Waals surface area contributed by atoms with Gasteiger partial charge in [0.15, 0.2) is 0 Å². The lowest BCUT2D eigenvalue weighted by Gasteiger charge is -2.08. The van der Waals surface area contributed by atoms with Crippen LogP contribution in [0.15, 0.2) is 115 Å². The van der Waals surface area contributed by atoms with E-state index >= 15 is 0 Å². The first-order valence-electron chi connectivity index (χ1n) is 10.9. The van der Waals surface area contributed by atoms with E-state index in [-0.39, 0.29) is 0 Å². The summed E-state index contributed by atoms with van der Waals surface area (Å²) in [5.41, 5.74) is 3.18. The van der Waals surface area contributed by atoms with Crippen molar-refractivity contribution < 1.29 is 6.11 Å². The zero-order valence-corrected chi connectivity index (χ0v) is 18.0. The highest BCUT2D eigenvalue weighted by Crippen LogP contribution is 2.54. The minimum Gasteiger partial charge on any atom is -0.439 e. The Labute approximate surface area is 188 Å². The van der Waals surface area contributed by atoms with Crippen LogP contribution < -0.4 is 4.74 Å². The predicted molar refractivity (Wildman–Crippen MR) is 133 cm³/mol. The molecule has 3 nitrogen and oxygen atoms in total. The number of ether oxygens (including phenoxy) is 1. The van der Waals surface area contributed by atoms with Crippen molar-refractivity contribution in [2.75, 3.05) is 0 Å². The third kappa shape index (κ3) is 3.33. The fraction of sp³-hybridized carbons (Fsp3) is 0. The Bertz CT molecular complexity index is 1610. The van der Waals surface area contributed by atoms with E-state index in [9.17, 15) is 0 Å². The molecule has 0 aliphatic carbocycles. The number of rotatable bonds is 4. The van der Waals surface area contributed by atoms with Gasteiger partial charge in [-0.05, 0) is 64.4 Å². The van der Waals surface area contributed by atoms with E-state index in [1.54, 1.807) is 18.5 Å². The highest BCUT2D eigenvalue weighted by atomic mass is 31.1. The first-order valence-corrected chi connectivity index (χ1v) is 11.8. The average molecular weight is 431 g/mol. The molecule has 3 aromatic heterocycles. The fourth-order valence-electron chi connectivity index (χ4n) is 4.10. The van der Waals surface area contributed by atoms with E-state index in [1.165, 1.54) is 21.0 Å². The van der Waals surface area contributed by atoms with Crippen LogP contribution in [0.25, 0.3) is 37.6 Å². The van der Waals surface area contributed by atoms with Crippen LogP contribution >= 0.6 is 7.53 Å². The van der Waals surface area contributed by atoms with Crippen molar-refractivity contribution in [3.05, 3.63) is 115 Å². The molecule has 0 spiro atoms. The Hall–Kier alpha value is -3.94. The van der Waals surface area contributed by atoms with Crippen molar-refractivity contribution in [2.24, 2.45) is 0 Å². The molecule has 32 heavy (non-hydrogen) atoms. The Morgan fingerprint density at radius 3 is 2.41 bits per heavy atom. The molecule has 3 aromatic carbocycles. The Kier molecular flexibility index (Phi) is 4.40. The third-order valence-corrected chi connectivity index (χ3v) is 7.95. The molecule has 0 bridgehead atoms. The van der Waals surface area contributed by atoms with Crippen LogP contribution in [0.5, 0.6) is 11.6 Å². The average Bonchev–Trinajstić information content (AvgIpc) is 3.18. The van der Waals surface area contributed by atoms with E-state index in [0.717, 1.165) is 22.3 Å². The molecule has 0 aliphatic heterocycles. The summed E-state index contributed by atoms with van der Waals surface area (Å²) in [6.07, 6.45) is 3.46. The van der Waals surface area contributed by atoms with Crippen molar-refractivity contribution in [1.82, 2.24) is 9.97 Å². The molecule has 0 N–H and O–H groups in total. The van der Waals surface area contributed by atoms with Crippen LogP contribution in [0.2, 0.25) is 0 Å². The van der Waals surface area contributed by atoms with Gasteiger partial charge in [-0.15, -0.1) is 0 Å². The van der Waals surface area contributed by atoms with Crippen molar-refractivity contribution >= 4 is 28.5 Å². The zero-order valence-electron chi connectivity index (χ0n) is 18.1. The van der Waals surface area contributed by atoms with E-state index in [0.29, 0.717) is 11.9 Å². The van der Waals surface area contributed by atoms with E-state index in [1.807, 2.05) is 42.5 Å². The summed E-state index contributed by atoms with van der Waals surface area (Å²) >= 11 is 0. The van der Waals surface area contributed by atoms with Gasteiger partial charge in [-0.3, -0.25) is 4.98 Å². The molecular formula is C28H19N2OP. The number of pyridine rings is 2. The quantitative estimate of drug-likeness (QED) is 0.282. The van der Waals surface area contributed by atoms with Crippen molar-refractivity contribution in [3.8, 4) is 28.2 Å². The van der Waals surface area contributed by atoms with E-state index in [2.05, 4.69) is 58.5 Å². The minimum atomic E-state index is -0.814. The van der Waals surface area contributed by atoms with Gasteiger partial charge in [-0.2, -0.15) is 0 Å². The van der Waals surface area contributed by atoms with Crippen molar-refractivity contribution in [2.45, 2.75) is 0 Å². The second-order valence-electron chi connectivity index (χ2n) is 7.50. The first-order chi connectivity index (χ1) is 16.3. The normalized spacial score (nSPS) is 12.1. The van der Waals surface area contributed by atoms with Crippen molar-refractivity contribution in [3.63, 3.8) is 0 Å². The number of aromatic nitrogens is 2. The first kappa shape index (κ1) is 17.7. The molecule has 152 valence electrons. The maximum Gasteiger partial charge on any atom is 0.219 e. The summed E-state index contributed by atoms with van der Waals surface area (Å²) in [4.78, 5) is 8.92. The maximum atomic E-state index is 8.11. The van der Waals surface area contributed by atoms with Gasteiger partial charge in [0, 0.05) is 28.7 Å². The highest BCUT2D eigenvalue weighted by Gasteiger charge is 2.15. The van der Waals surface area contributed by atoms with Gasteiger partial charge in [-0.25, -0.2) is 4.98 Å². The lowest BCUT2D eigenvalue weighted by Crippen LogP contribution is -1.87. The summed E-state index contributed by atoms with van der Waals surface area (Å²) in [6.45, 7) is 0. The molecule has 4 heteroatoms. The zero-order chi connectivity index (χ0) is 22.2. The lowest BCUT2D eigenvalue weighted by atomic mass is 10.0. The number of nitrogens with zero attached hydrogens (tertiary/aromatic N) is 2. The number of fused-ring (bicyclic) bond motifs is 3. The van der Waals surface area contributed by atoms with Gasteiger partial charge >= 0.3 is 0 Å². The summed E-state index contributed by atoms with van der Waals surface area (Å²) in [7, 11) is -0.814. The molecule has 0 fully saturated rings. The van der Waals surface area contributed by atoms with Crippen LogP contribution in [0.4, 0.5) is 0 Å². The SMILES string of the molecule is [2H]c1ccnc(-p2c3ccccc3c3ccc(-c4cccc(Oc5ccccn5)c4)cc32)c1. The molecule has 0 saturated heterocycles. The molecule has 0 aliphatic rings. The van der Waals surface area contributed by atoms with Crippen LogP contribution in [0.1, 0.15) is 1.37 Å². The number of hydrogen-bond acceptors (Lipinski definition) is 3. The molecule has 3 heterocycles. The predicted octanol–water partition coefficient (Wildman–Crippen LogP) is 8.22. The minimum absolute atomic E-state index is 0.490. The van der Waals surface area contributed by atoms with Gasteiger partial charge < -0.3 is 4.74 Å². The molecule has 1 atom stereocenters. The Morgan fingerprint density at radius 2 is 1.50 bits per heavy atom. The topological polar surface area (TPSA) is 35.0 Å². The van der Waals surface area contributed by atoms with E-state index in [4.69, 9.17) is 6.11 Å². The number of benzene rings is 3. The Balaban J connectivity index is 1.51. The molecule has 6 aromatic rings. The molecular weight excluding hydrogens is 411 g/mol. The summed E-state index contributed by atoms with van der Waals surface area (Å²) in [5, 5.41) is 5.08. The van der Waals surface area contributed by atoms with E-state index < -0.39 is 7.53 Å². The standard InChI is InChI=1S/C28H19N2OP/c1-2-11-25-23(10-1)24-15-14-21(19-26(24)32(25)28-13-4-6-17-30-28)20-8-7-9-22(18-20)31-27-12-3-5-16-29-27/h1-19H/i4D. The van der Waals surface area contributed by atoms with Crippen LogP contribution in [-0.4, -0.2) is 9.97 Å². The number of hydrogen-bond donors (Lipinski definition) is 0. The maximum absolute atomic E-state index is 8.11. The van der Waals surface area contributed by atoms with Crippen LogP contribution in [0, 0.1) is 0 Å². The third-order valence-electron chi connectivity index (χ3n) is 5.52. The van der Waals surface area contributed by atoms with Gasteiger partial charge in [-0.1, -0.05) is 62.1 Å². The second-order valence-corrected chi connectivity index (χ2v) is 9.59. The molecule has 0 radical (unpaired) electrons. The smallest absolute Gasteiger partial charge is 0.219 e. The van der Waals surface area contributed by atoms with Crippen LogP contribution in [0.3, 0.4) is 0 Å². The van der Waals surface area contributed by atoms with Crippen LogP contribution in [-0.2, 0) is 0 Å². The monoisotopic (exact) mass is 431 g/mol. The molecule has 1 unspecified atom stereocenters. The van der Waals surface area contributed by atoms with Crippen molar-refractivity contribution in [1.29, 1.82) is 0 Å². The fourth-order valence-corrected chi connectivity index (χ4v) is 6.62. The molecule has 6 rings (SSSR count). The molecule has 0 amide bonds. The van der Waals surface area contributed by atoms with Gasteiger partial charge in [0.05, 0.1) is 6.81 Å². The summed E-state index contributed by atoms with van der Waals surface area (Å²) in [6, 6.07) is 33.0. The molecule has 0 saturated carbocycles. The lowest BCUT2D eigenvalue weighted by molar-refractivity contribution is 0.463. The summed E-state index contributed by atoms with van der Waals surface area (Å²) in [5.74, 6) is 1.32. The van der Waals surface area contributed by atoms with Gasteiger partial charge in [0.1, 0.15) is 5.75 Å². The Morgan fingerprint density at radius 1 is 0.656 bits per heavy atom. The van der Waals surface area contributed by atoms with Gasteiger partial charge in [0.2, 0.25) is 5.88 Å². The largest absolute Gasteiger partial charge is 0.439 e.